The minimum atomic E-state index is 0.532. The van der Waals surface area contributed by atoms with Gasteiger partial charge in [0, 0.05) is 7.05 Å². The van der Waals surface area contributed by atoms with Crippen LogP contribution in [0.15, 0.2) is 24.5 Å². The molecule has 2 aromatic rings. The van der Waals surface area contributed by atoms with E-state index in [4.69, 9.17) is 5.90 Å². The minimum absolute atomic E-state index is 0.532. The number of aryl methyl sites for hydroxylation is 1. The lowest BCUT2D eigenvalue weighted by Gasteiger charge is -2.03. The number of rotatable bonds is 3. The van der Waals surface area contributed by atoms with Gasteiger partial charge in [-0.15, -0.1) is 0 Å². The highest BCUT2D eigenvalue weighted by Crippen LogP contribution is 2.17. The molecule has 0 amide bonds. The summed E-state index contributed by atoms with van der Waals surface area (Å²) in [6.07, 6.45) is 2.63. The monoisotopic (exact) mass is 191 g/mol. The zero-order valence-electron chi connectivity index (χ0n) is 8.10. The number of para-hydroxylation sites is 1. The lowest BCUT2D eigenvalue weighted by molar-refractivity contribution is 0.141. The van der Waals surface area contributed by atoms with E-state index in [9.17, 15) is 0 Å². The molecule has 0 spiro atoms. The number of benzene rings is 1. The van der Waals surface area contributed by atoms with Crippen LogP contribution in [0.1, 0.15) is 5.56 Å². The van der Waals surface area contributed by atoms with Gasteiger partial charge in [0.1, 0.15) is 0 Å². The zero-order chi connectivity index (χ0) is 9.97. The maximum atomic E-state index is 5.01. The Morgan fingerprint density at radius 2 is 2.36 bits per heavy atom. The third-order valence-corrected chi connectivity index (χ3v) is 2.31. The smallest absolute Gasteiger partial charge is 0.0955 e. The molecule has 0 saturated heterocycles. The molecule has 1 aromatic carbocycles. The summed E-state index contributed by atoms with van der Waals surface area (Å²) < 4.78 is 2.02. The predicted octanol–water partition coefficient (Wildman–Crippen LogP) is 1.01. The van der Waals surface area contributed by atoms with Crippen molar-refractivity contribution < 1.29 is 4.84 Å². The van der Waals surface area contributed by atoms with Crippen molar-refractivity contribution in [1.82, 2.24) is 9.55 Å². The fraction of sp³-hybridized carbons (Fsp3) is 0.300. The molecule has 0 fully saturated rings. The summed E-state index contributed by atoms with van der Waals surface area (Å²) in [4.78, 5) is 8.86. The molecular weight excluding hydrogens is 178 g/mol. The van der Waals surface area contributed by atoms with Crippen LogP contribution >= 0.6 is 0 Å². The van der Waals surface area contributed by atoms with E-state index >= 15 is 0 Å². The second kappa shape index (κ2) is 3.77. The molecule has 74 valence electrons. The molecule has 2 rings (SSSR count). The van der Waals surface area contributed by atoms with Crippen LogP contribution in [0.3, 0.4) is 0 Å². The highest BCUT2D eigenvalue weighted by Gasteiger charge is 2.04. The summed E-state index contributed by atoms with van der Waals surface area (Å²) in [5.74, 6) is 5.01. The Labute approximate surface area is 82.3 Å². The van der Waals surface area contributed by atoms with Gasteiger partial charge in [0.2, 0.25) is 0 Å². The Hall–Kier alpha value is -1.39. The molecule has 0 aliphatic rings. The third kappa shape index (κ3) is 1.49. The van der Waals surface area contributed by atoms with Crippen molar-refractivity contribution in [3.8, 4) is 0 Å². The normalized spacial score (nSPS) is 11.0. The van der Waals surface area contributed by atoms with Crippen molar-refractivity contribution in [2.75, 3.05) is 6.61 Å². The number of nitrogens with two attached hydrogens (primary N) is 1. The molecule has 0 aliphatic carbocycles. The van der Waals surface area contributed by atoms with Crippen molar-refractivity contribution >= 4 is 11.0 Å². The van der Waals surface area contributed by atoms with Gasteiger partial charge in [-0.3, -0.25) is 0 Å². The number of nitrogens with zero attached hydrogens (tertiary/aromatic N) is 2. The molecule has 4 heteroatoms. The van der Waals surface area contributed by atoms with Crippen LogP contribution < -0.4 is 5.90 Å². The van der Waals surface area contributed by atoms with E-state index in [2.05, 4.69) is 15.9 Å². The molecule has 0 unspecified atom stereocenters. The second-order valence-corrected chi connectivity index (χ2v) is 3.26. The standard InChI is InChI=1S/C10H13N3O/c1-13-7-12-9-4-2-3-8(10(9)13)5-6-14-11/h2-4,7H,5-6,11H2,1H3. The topological polar surface area (TPSA) is 53.1 Å². The van der Waals surface area contributed by atoms with Crippen molar-refractivity contribution in [1.29, 1.82) is 0 Å². The van der Waals surface area contributed by atoms with Crippen LogP contribution in [0.5, 0.6) is 0 Å². The van der Waals surface area contributed by atoms with Gasteiger partial charge < -0.3 is 9.40 Å². The number of imidazole rings is 1. The van der Waals surface area contributed by atoms with Gasteiger partial charge in [-0.05, 0) is 18.1 Å². The summed E-state index contributed by atoms with van der Waals surface area (Å²) in [5, 5.41) is 0. The summed E-state index contributed by atoms with van der Waals surface area (Å²) in [6, 6.07) is 6.08. The molecule has 14 heavy (non-hydrogen) atoms. The van der Waals surface area contributed by atoms with Gasteiger partial charge in [0.15, 0.2) is 0 Å². The fourth-order valence-corrected chi connectivity index (χ4v) is 1.67. The average Bonchev–Trinajstić information content (AvgIpc) is 2.58. The first-order valence-corrected chi connectivity index (χ1v) is 4.53. The van der Waals surface area contributed by atoms with Crippen molar-refractivity contribution in [3.05, 3.63) is 30.1 Å². The van der Waals surface area contributed by atoms with Gasteiger partial charge >= 0.3 is 0 Å². The summed E-state index contributed by atoms with van der Waals surface area (Å²) >= 11 is 0. The lowest BCUT2D eigenvalue weighted by atomic mass is 10.1. The largest absolute Gasteiger partial charge is 0.334 e. The Morgan fingerprint density at radius 1 is 1.50 bits per heavy atom. The molecule has 0 saturated carbocycles. The van der Waals surface area contributed by atoms with Crippen molar-refractivity contribution in [3.63, 3.8) is 0 Å². The molecule has 4 nitrogen and oxygen atoms in total. The second-order valence-electron chi connectivity index (χ2n) is 3.26. The van der Waals surface area contributed by atoms with E-state index in [0.29, 0.717) is 6.61 Å². The van der Waals surface area contributed by atoms with Gasteiger partial charge in [-0.25, -0.2) is 10.9 Å². The Bertz CT molecular complexity index is 436. The van der Waals surface area contributed by atoms with E-state index in [-0.39, 0.29) is 0 Å². The van der Waals surface area contributed by atoms with E-state index in [1.54, 1.807) is 0 Å². The Balaban J connectivity index is 2.46. The Morgan fingerprint density at radius 3 is 3.14 bits per heavy atom. The van der Waals surface area contributed by atoms with Gasteiger partial charge in [0.25, 0.3) is 0 Å². The van der Waals surface area contributed by atoms with Crippen LogP contribution in [0.25, 0.3) is 11.0 Å². The van der Waals surface area contributed by atoms with Crippen LogP contribution in [0.4, 0.5) is 0 Å². The average molecular weight is 191 g/mol. The van der Waals surface area contributed by atoms with Crippen LogP contribution in [-0.4, -0.2) is 16.2 Å². The van der Waals surface area contributed by atoms with Gasteiger partial charge in [-0.2, -0.15) is 0 Å². The van der Waals surface area contributed by atoms with Crippen LogP contribution in [0.2, 0.25) is 0 Å². The zero-order valence-corrected chi connectivity index (χ0v) is 8.10. The maximum Gasteiger partial charge on any atom is 0.0955 e. The van der Waals surface area contributed by atoms with Crippen molar-refractivity contribution in [2.24, 2.45) is 12.9 Å². The number of hydrogen-bond acceptors (Lipinski definition) is 3. The third-order valence-electron chi connectivity index (χ3n) is 2.31. The molecule has 2 N–H and O–H groups in total. The summed E-state index contributed by atoms with van der Waals surface area (Å²) in [5.41, 5.74) is 3.39. The first kappa shape index (κ1) is 9.18. The first-order chi connectivity index (χ1) is 6.83. The molecule has 0 radical (unpaired) electrons. The van der Waals surface area contributed by atoms with Gasteiger partial charge in [-0.1, -0.05) is 12.1 Å². The highest BCUT2D eigenvalue weighted by molar-refractivity contribution is 5.78. The number of hydrogen-bond donors (Lipinski definition) is 1. The Kier molecular flexibility index (Phi) is 2.47. The van der Waals surface area contributed by atoms with Crippen molar-refractivity contribution in [2.45, 2.75) is 6.42 Å². The summed E-state index contributed by atoms with van der Waals surface area (Å²) in [7, 11) is 1.99. The van der Waals surface area contributed by atoms with Gasteiger partial charge in [0.05, 0.1) is 24.0 Å². The molecule has 1 aromatic heterocycles. The van der Waals surface area contributed by atoms with E-state index in [1.165, 1.54) is 5.56 Å². The molecular formula is C10H13N3O. The fourth-order valence-electron chi connectivity index (χ4n) is 1.67. The van der Waals surface area contributed by atoms with E-state index in [1.807, 2.05) is 30.1 Å². The predicted molar refractivity (Wildman–Crippen MR) is 54.6 cm³/mol. The maximum absolute atomic E-state index is 5.01. The van der Waals surface area contributed by atoms with Crippen LogP contribution in [-0.2, 0) is 18.3 Å². The molecule has 0 bridgehead atoms. The SMILES string of the molecule is Cn1cnc2cccc(CCON)c21. The van der Waals surface area contributed by atoms with E-state index in [0.717, 1.165) is 17.5 Å². The lowest BCUT2D eigenvalue weighted by Crippen LogP contribution is -2.04. The quantitative estimate of drug-likeness (QED) is 0.736. The molecule has 0 aliphatic heterocycles. The highest BCUT2D eigenvalue weighted by atomic mass is 16.6. The van der Waals surface area contributed by atoms with Crippen LogP contribution in [0, 0.1) is 0 Å². The molecule has 0 atom stereocenters. The first-order valence-electron chi connectivity index (χ1n) is 4.53. The number of aromatic nitrogens is 2. The molecule has 1 heterocycles. The summed E-state index contributed by atoms with van der Waals surface area (Å²) in [6.45, 7) is 0.532. The number of fused-ring (bicyclic) bond motifs is 1. The minimum Gasteiger partial charge on any atom is -0.334 e. The van der Waals surface area contributed by atoms with E-state index < -0.39 is 0 Å².